The van der Waals surface area contributed by atoms with Crippen LogP contribution in [0.2, 0.25) is 0 Å². The van der Waals surface area contributed by atoms with Gasteiger partial charge < -0.3 is 16.0 Å². The lowest BCUT2D eigenvalue weighted by molar-refractivity contribution is 0.102. The van der Waals surface area contributed by atoms with Gasteiger partial charge in [-0.25, -0.2) is 15.0 Å². The maximum Gasteiger partial charge on any atom is 0.257 e. The zero-order chi connectivity index (χ0) is 23.7. The molecule has 34 heavy (non-hydrogen) atoms. The van der Waals surface area contributed by atoms with E-state index in [9.17, 15) is 4.79 Å². The third kappa shape index (κ3) is 4.64. The fourth-order valence-corrected chi connectivity index (χ4v) is 5.54. The van der Waals surface area contributed by atoms with Crippen LogP contribution in [0.1, 0.15) is 47.7 Å². The van der Waals surface area contributed by atoms with E-state index in [-0.39, 0.29) is 5.91 Å². The van der Waals surface area contributed by atoms with E-state index in [1.807, 2.05) is 24.3 Å². The first-order valence-electron chi connectivity index (χ1n) is 11.5. The lowest BCUT2D eigenvalue weighted by atomic mass is 9.83. The van der Waals surface area contributed by atoms with Crippen molar-refractivity contribution in [3.63, 3.8) is 0 Å². The van der Waals surface area contributed by atoms with Crippen LogP contribution in [0, 0.1) is 0 Å². The first kappa shape index (κ1) is 22.4. The number of nitrogens with two attached hydrogens (primary N) is 1. The number of thiophene rings is 1. The smallest absolute Gasteiger partial charge is 0.257 e. The molecule has 3 aromatic heterocycles. The van der Waals surface area contributed by atoms with Gasteiger partial charge >= 0.3 is 0 Å². The van der Waals surface area contributed by atoms with Crippen molar-refractivity contribution >= 4 is 39.0 Å². The van der Waals surface area contributed by atoms with Crippen molar-refractivity contribution < 1.29 is 4.79 Å². The molecule has 8 heteroatoms. The van der Waals surface area contributed by atoms with Gasteiger partial charge in [0, 0.05) is 29.4 Å². The molecule has 5 rings (SSSR count). The fourth-order valence-electron chi connectivity index (χ4n) is 4.64. The molecule has 1 amide bonds. The highest BCUT2D eigenvalue weighted by Gasteiger charge is 2.27. The van der Waals surface area contributed by atoms with E-state index in [0.717, 1.165) is 29.6 Å². The number of rotatable bonds is 5. The Morgan fingerprint density at radius 1 is 1.09 bits per heavy atom. The largest absolute Gasteiger partial charge is 0.384 e. The van der Waals surface area contributed by atoms with Crippen molar-refractivity contribution in [2.75, 3.05) is 25.1 Å². The molecule has 3 N–H and O–H groups in total. The number of anilines is 2. The highest BCUT2D eigenvalue weighted by atomic mass is 32.1. The molecule has 7 nitrogen and oxygen atoms in total. The number of hydrogen-bond acceptors (Lipinski definition) is 7. The van der Waals surface area contributed by atoms with E-state index in [1.54, 1.807) is 23.5 Å². The summed E-state index contributed by atoms with van der Waals surface area (Å²) in [6.07, 6.45) is 6.12. The number of nitrogens with one attached hydrogen (secondary N) is 1. The van der Waals surface area contributed by atoms with Crippen molar-refractivity contribution in [2.45, 2.75) is 37.6 Å². The summed E-state index contributed by atoms with van der Waals surface area (Å²) >= 11 is 1.72. The Kier molecular flexibility index (Phi) is 6.26. The number of nitrogen functional groups attached to an aromatic ring is 1. The number of amides is 1. The standard InChI is InChI=1S/C26H28N6OS/c1-32(2)20-9-6-16(7-10-20)23-24-21(12-13-34-24)30-25(31-23)17-4-3-5-19(14-17)29-26(33)18-8-11-22(27)28-15-18/h3-5,8,11-16,20H,6-7,9-10H2,1-2H3,(H2,27,28)(H,29,33). The summed E-state index contributed by atoms with van der Waals surface area (Å²) in [5.74, 6) is 1.28. The zero-order valence-electron chi connectivity index (χ0n) is 19.4. The van der Waals surface area contributed by atoms with Gasteiger partial charge in [-0.2, -0.15) is 0 Å². The first-order chi connectivity index (χ1) is 16.5. The topological polar surface area (TPSA) is 97.0 Å². The van der Waals surface area contributed by atoms with E-state index >= 15 is 0 Å². The second-order valence-electron chi connectivity index (χ2n) is 9.04. The summed E-state index contributed by atoms with van der Waals surface area (Å²) in [6, 6.07) is 13.7. The van der Waals surface area contributed by atoms with Crippen LogP contribution in [0.15, 0.2) is 54.0 Å². The molecule has 0 unspecified atom stereocenters. The van der Waals surface area contributed by atoms with Gasteiger partial charge in [-0.1, -0.05) is 12.1 Å². The van der Waals surface area contributed by atoms with E-state index in [0.29, 0.717) is 34.9 Å². The van der Waals surface area contributed by atoms with Gasteiger partial charge in [0.15, 0.2) is 5.82 Å². The van der Waals surface area contributed by atoms with Crippen LogP contribution in [-0.2, 0) is 0 Å². The lowest BCUT2D eigenvalue weighted by Crippen LogP contribution is -2.31. The van der Waals surface area contributed by atoms with Gasteiger partial charge in [0.2, 0.25) is 0 Å². The molecule has 0 spiro atoms. The highest BCUT2D eigenvalue weighted by molar-refractivity contribution is 7.17. The number of benzene rings is 1. The molecule has 1 aliphatic carbocycles. The summed E-state index contributed by atoms with van der Waals surface area (Å²) in [4.78, 5) is 28.9. The number of hydrogen-bond donors (Lipinski definition) is 2. The van der Waals surface area contributed by atoms with Gasteiger partial charge in [0.25, 0.3) is 5.91 Å². The first-order valence-corrected chi connectivity index (χ1v) is 12.4. The van der Waals surface area contributed by atoms with E-state index in [1.165, 1.54) is 23.7 Å². The average molecular weight is 473 g/mol. The van der Waals surface area contributed by atoms with Crippen molar-refractivity contribution in [3.8, 4) is 11.4 Å². The van der Waals surface area contributed by atoms with Crippen molar-refractivity contribution in [1.82, 2.24) is 19.9 Å². The van der Waals surface area contributed by atoms with E-state index in [4.69, 9.17) is 15.7 Å². The second-order valence-corrected chi connectivity index (χ2v) is 9.96. The number of pyridine rings is 1. The van der Waals surface area contributed by atoms with Gasteiger partial charge in [0.1, 0.15) is 5.82 Å². The number of carbonyl (C=O) groups excluding carboxylic acids is 1. The summed E-state index contributed by atoms with van der Waals surface area (Å²) in [5, 5.41) is 5.03. The van der Waals surface area contributed by atoms with E-state index in [2.05, 4.69) is 40.7 Å². The number of nitrogens with zero attached hydrogens (tertiary/aromatic N) is 4. The quantitative estimate of drug-likeness (QED) is 0.416. The maximum absolute atomic E-state index is 12.6. The molecule has 0 bridgehead atoms. The Hall–Kier alpha value is -3.36. The molecular weight excluding hydrogens is 444 g/mol. The van der Waals surface area contributed by atoms with Crippen LogP contribution < -0.4 is 11.1 Å². The SMILES string of the molecule is CN(C)C1CCC(c2nc(-c3cccc(NC(=O)c4ccc(N)nc4)c3)nc3ccsc23)CC1. The van der Waals surface area contributed by atoms with Gasteiger partial charge in [-0.15, -0.1) is 11.3 Å². The van der Waals surface area contributed by atoms with Crippen LogP contribution in [0.25, 0.3) is 21.6 Å². The Labute approximate surface area is 203 Å². The molecule has 0 atom stereocenters. The molecule has 0 radical (unpaired) electrons. The van der Waals surface area contributed by atoms with Crippen molar-refractivity contribution in [1.29, 1.82) is 0 Å². The van der Waals surface area contributed by atoms with Crippen molar-refractivity contribution in [2.24, 2.45) is 0 Å². The molecule has 1 fully saturated rings. The van der Waals surface area contributed by atoms with Crippen molar-refractivity contribution in [3.05, 3.63) is 65.3 Å². The molecule has 1 aliphatic rings. The highest BCUT2D eigenvalue weighted by Crippen LogP contribution is 2.38. The molecule has 1 aromatic carbocycles. The molecule has 1 saturated carbocycles. The Morgan fingerprint density at radius 2 is 1.91 bits per heavy atom. The summed E-state index contributed by atoms with van der Waals surface area (Å²) in [6.45, 7) is 0. The predicted molar refractivity (Wildman–Crippen MR) is 138 cm³/mol. The third-order valence-corrected chi connectivity index (χ3v) is 7.50. The Morgan fingerprint density at radius 3 is 2.65 bits per heavy atom. The number of carbonyl (C=O) groups is 1. The molecule has 174 valence electrons. The summed E-state index contributed by atoms with van der Waals surface area (Å²) in [7, 11) is 4.33. The van der Waals surface area contributed by atoms with Crippen LogP contribution >= 0.6 is 11.3 Å². The monoisotopic (exact) mass is 472 g/mol. The molecule has 0 aliphatic heterocycles. The number of fused-ring (bicyclic) bond motifs is 1. The average Bonchev–Trinajstić information content (AvgIpc) is 3.33. The normalized spacial score (nSPS) is 18.3. The molecule has 4 aromatic rings. The molecule has 3 heterocycles. The Bertz CT molecular complexity index is 1310. The fraction of sp³-hybridized carbons (Fsp3) is 0.308. The van der Waals surface area contributed by atoms with Gasteiger partial charge in [-0.3, -0.25) is 4.79 Å². The summed E-state index contributed by atoms with van der Waals surface area (Å²) < 4.78 is 1.19. The van der Waals surface area contributed by atoms with Crippen LogP contribution in [0.3, 0.4) is 0 Å². The second kappa shape index (κ2) is 9.48. The summed E-state index contributed by atoms with van der Waals surface area (Å²) in [5.41, 5.74) is 9.78. The van der Waals surface area contributed by atoms with Crippen LogP contribution in [0.4, 0.5) is 11.5 Å². The zero-order valence-corrected chi connectivity index (χ0v) is 20.2. The van der Waals surface area contributed by atoms with Crippen LogP contribution in [-0.4, -0.2) is 45.9 Å². The predicted octanol–water partition coefficient (Wildman–Crippen LogP) is 5.18. The van der Waals surface area contributed by atoms with Crippen LogP contribution in [0.5, 0.6) is 0 Å². The maximum atomic E-state index is 12.6. The Balaban J connectivity index is 1.42. The third-order valence-electron chi connectivity index (χ3n) is 6.57. The molecular formula is C26H28N6OS. The number of aromatic nitrogens is 3. The minimum Gasteiger partial charge on any atom is -0.384 e. The lowest BCUT2D eigenvalue weighted by Gasteiger charge is -2.32. The van der Waals surface area contributed by atoms with Gasteiger partial charge in [0.05, 0.1) is 21.5 Å². The minimum absolute atomic E-state index is 0.239. The van der Waals surface area contributed by atoms with E-state index < -0.39 is 0 Å². The van der Waals surface area contributed by atoms with Gasteiger partial charge in [-0.05, 0) is 75.5 Å². The minimum atomic E-state index is -0.239. The molecule has 0 saturated heterocycles.